The molecule has 1 aromatic heterocycles. The highest BCUT2D eigenvalue weighted by Crippen LogP contribution is 2.26. The van der Waals surface area contributed by atoms with Gasteiger partial charge in [0.2, 0.25) is 0 Å². The zero-order chi connectivity index (χ0) is 14.8. The van der Waals surface area contributed by atoms with Crippen LogP contribution in [0.3, 0.4) is 0 Å². The van der Waals surface area contributed by atoms with Crippen molar-refractivity contribution in [3.05, 3.63) is 23.0 Å². The molecule has 0 aliphatic rings. The molecule has 0 aliphatic carbocycles. The lowest BCUT2D eigenvalue weighted by Crippen LogP contribution is -2.49. The normalized spacial score (nSPS) is 13.7. The second kappa shape index (κ2) is 5.88. The number of methoxy groups -OCH3 is 1. The zero-order valence-corrected chi connectivity index (χ0v) is 13.1. The van der Waals surface area contributed by atoms with E-state index in [4.69, 9.17) is 4.74 Å². The number of aryl methyl sites for hydroxylation is 1. The number of hydrogen-bond donors (Lipinski definition) is 1. The van der Waals surface area contributed by atoms with Gasteiger partial charge in [0.05, 0.1) is 13.2 Å². The maximum atomic E-state index is 10.4. The van der Waals surface area contributed by atoms with Gasteiger partial charge in [-0.2, -0.15) is 0 Å². The lowest BCUT2D eigenvalue weighted by Gasteiger charge is -2.37. The average Bonchev–Trinajstić information content (AvgIpc) is 2.33. The predicted molar refractivity (Wildman–Crippen MR) is 77.7 cm³/mol. The molecule has 0 spiro atoms. The van der Waals surface area contributed by atoms with E-state index in [2.05, 4.69) is 4.98 Å². The SMILES string of the molecule is COc1c(C)cnc(CC(O)C(C)(C)N(C)C)c1C. The van der Waals surface area contributed by atoms with Gasteiger partial charge >= 0.3 is 0 Å². The quantitative estimate of drug-likeness (QED) is 0.885. The van der Waals surface area contributed by atoms with Crippen molar-refractivity contribution < 1.29 is 9.84 Å². The van der Waals surface area contributed by atoms with Crippen LogP contribution in [0.5, 0.6) is 5.75 Å². The van der Waals surface area contributed by atoms with E-state index in [9.17, 15) is 5.11 Å². The van der Waals surface area contributed by atoms with E-state index in [1.165, 1.54) is 0 Å². The highest BCUT2D eigenvalue weighted by molar-refractivity contribution is 5.41. The molecule has 0 fully saturated rings. The van der Waals surface area contributed by atoms with Crippen molar-refractivity contribution in [3.63, 3.8) is 0 Å². The zero-order valence-electron chi connectivity index (χ0n) is 13.1. The Labute approximate surface area is 116 Å². The minimum absolute atomic E-state index is 0.299. The first-order valence-corrected chi connectivity index (χ1v) is 6.56. The first kappa shape index (κ1) is 15.9. The number of ether oxygens (including phenoxy) is 1. The Morgan fingerprint density at radius 1 is 1.37 bits per heavy atom. The van der Waals surface area contributed by atoms with Crippen molar-refractivity contribution in [2.45, 2.75) is 45.8 Å². The summed E-state index contributed by atoms with van der Waals surface area (Å²) in [5.41, 5.74) is 2.62. The maximum absolute atomic E-state index is 10.4. The van der Waals surface area contributed by atoms with Crippen LogP contribution in [0.25, 0.3) is 0 Å². The lowest BCUT2D eigenvalue weighted by molar-refractivity contribution is 0.0175. The molecule has 4 nitrogen and oxygen atoms in total. The van der Waals surface area contributed by atoms with Crippen LogP contribution in [0.15, 0.2) is 6.20 Å². The Bertz CT molecular complexity index is 442. The van der Waals surface area contributed by atoms with Crippen LogP contribution >= 0.6 is 0 Å². The smallest absolute Gasteiger partial charge is 0.128 e. The van der Waals surface area contributed by atoms with E-state index in [0.717, 1.165) is 22.6 Å². The number of nitrogens with zero attached hydrogens (tertiary/aromatic N) is 2. The standard InChI is InChI=1S/C15H26N2O2/c1-10-9-16-12(11(2)14(10)19-7)8-13(18)15(3,4)17(5)6/h9,13,18H,8H2,1-7H3. The third kappa shape index (κ3) is 3.25. The molecule has 0 aromatic carbocycles. The number of aliphatic hydroxyl groups is 1. The Balaban J connectivity index is 3.01. The third-order valence-electron chi connectivity index (χ3n) is 4.10. The molecule has 0 saturated carbocycles. The fourth-order valence-electron chi connectivity index (χ4n) is 2.01. The van der Waals surface area contributed by atoms with Crippen molar-refractivity contribution in [1.29, 1.82) is 0 Å². The second-order valence-electron chi connectivity index (χ2n) is 5.81. The van der Waals surface area contributed by atoms with Crippen molar-refractivity contribution in [1.82, 2.24) is 9.88 Å². The van der Waals surface area contributed by atoms with Crippen LogP contribution in [-0.2, 0) is 6.42 Å². The second-order valence-corrected chi connectivity index (χ2v) is 5.81. The number of likely N-dealkylation sites (N-methyl/N-ethyl adjacent to an activating group) is 1. The summed E-state index contributed by atoms with van der Waals surface area (Å²) in [5.74, 6) is 0.861. The number of hydrogen-bond acceptors (Lipinski definition) is 4. The van der Waals surface area contributed by atoms with Gasteiger partial charge in [-0.3, -0.25) is 4.98 Å². The Hall–Kier alpha value is -1.13. The van der Waals surface area contributed by atoms with E-state index in [0.29, 0.717) is 6.42 Å². The van der Waals surface area contributed by atoms with Gasteiger partial charge in [-0.15, -0.1) is 0 Å². The van der Waals surface area contributed by atoms with Gasteiger partial charge in [0, 0.05) is 35.0 Å². The van der Waals surface area contributed by atoms with Crippen molar-refractivity contribution in [3.8, 4) is 5.75 Å². The summed E-state index contributed by atoms with van der Waals surface area (Å²) in [6.45, 7) is 8.02. The van der Waals surface area contributed by atoms with Crippen molar-refractivity contribution in [2.24, 2.45) is 0 Å². The van der Waals surface area contributed by atoms with Crippen LogP contribution in [0.4, 0.5) is 0 Å². The maximum Gasteiger partial charge on any atom is 0.128 e. The number of aromatic nitrogens is 1. The molecule has 1 N–H and O–H groups in total. The van der Waals surface area contributed by atoms with Crippen molar-refractivity contribution in [2.75, 3.05) is 21.2 Å². The van der Waals surface area contributed by atoms with Gasteiger partial charge in [-0.1, -0.05) is 0 Å². The molecule has 0 saturated heterocycles. The van der Waals surface area contributed by atoms with Gasteiger partial charge in [-0.05, 0) is 41.8 Å². The van der Waals surface area contributed by atoms with Crippen LogP contribution < -0.4 is 4.74 Å². The molecule has 0 bridgehead atoms. The van der Waals surface area contributed by atoms with Crippen molar-refractivity contribution >= 4 is 0 Å². The molecular formula is C15H26N2O2. The molecule has 0 radical (unpaired) electrons. The monoisotopic (exact) mass is 266 g/mol. The van der Waals surface area contributed by atoms with Crippen LogP contribution in [0.2, 0.25) is 0 Å². The first-order chi connectivity index (χ1) is 8.71. The van der Waals surface area contributed by atoms with Gasteiger partial charge in [0.25, 0.3) is 0 Å². The minimum atomic E-state index is -0.485. The van der Waals surface area contributed by atoms with Crippen LogP contribution in [0, 0.1) is 13.8 Å². The lowest BCUT2D eigenvalue weighted by atomic mass is 9.91. The number of pyridine rings is 1. The van der Waals surface area contributed by atoms with E-state index in [-0.39, 0.29) is 5.54 Å². The summed E-state index contributed by atoms with van der Waals surface area (Å²) in [6.07, 6.45) is 1.84. The van der Waals surface area contributed by atoms with Crippen LogP contribution in [-0.4, -0.2) is 47.8 Å². The van der Waals surface area contributed by atoms with Gasteiger partial charge in [0.1, 0.15) is 5.75 Å². The van der Waals surface area contributed by atoms with Gasteiger partial charge in [0.15, 0.2) is 0 Å². The summed E-state index contributed by atoms with van der Waals surface area (Å²) in [4.78, 5) is 6.47. The molecule has 1 atom stereocenters. The van der Waals surface area contributed by atoms with Crippen LogP contribution in [0.1, 0.15) is 30.7 Å². The summed E-state index contributed by atoms with van der Waals surface area (Å²) >= 11 is 0. The highest BCUT2D eigenvalue weighted by Gasteiger charge is 2.31. The summed E-state index contributed by atoms with van der Waals surface area (Å²) in [6, 6.07) is 0. The summed E-state index contributed by atoms with van der Waals surface area (Å²) in [5, 5.41) is 10.4. The Kier molecular flexibility index (Phi) is 4.93. The molecular weight excluding hydrogens is 240 g/mol. The van der Waals surface area contributed by atoms with E-state index < -0.39 is 6.10 Å². The average molecular weight is 266 g/mol. The molecule has 1 aromatic rings. The molecule has 0 aliphatic heterocycles. The summed E-state index contributed by atoms with van der Waals surface area (Å²) in [7, 11) is 5.61. The highest BCUT2D eigenvalue weighted by atomic mass is 16.5. The molecule has 0 amide bonds. The van der Waals surface area contributed by atoms with Gasteiger partial charge in [-0.25, -0.2) is 0 Å². The largest absolute Gasteiger partial charge is 0.496 e. The summed E-state index contributed by atoms with van der Waals surface area (Å²) < 4.78 is 5.40. The van der Waals surface area contributed by atoms with E-state index in [1.807, 2.05) is 46.7 Å². The Morgan fingerprint density at radius 2 is 1.95 bits per heavy atom. The molecule has 1 unspecified atom stereocenters. The minimum Gasteiger partial charge on any atom is -0.496 e. The molecule has 19 heavy (non-hydrogen) atoms. The number of aliphatic hydroxyl groups excluding tert-OH is 1. The first-order valence-electron chi connectivity index (χ1n) is 6.56. The fraction of sp³-hybridized carbons (Fsp3) is 0.667. The predicted octanol–water partition coefficient (Wildman–Crippen LogP) is 1.95. The third-order valence-corrected chi connectivity index (χ3v) is 4.10. The molecule has 1 heterocycles. The van der Waals surface area contributed by atoms with E-state index >= 15 is 0 Å². The van der Waals surface area contributed by atoms with E-state index in [1.54, 1.807) is 13.3 Å². The molecule has 1 rings (SSSR count). The topological polar surface area (TPSA) is 45.6 Å². The molecule has 108 valence electrons. The Morgan fingerprint density at radius 3 is 2.42 bits per heavy atom. The molecule has 4 heteroatoms. The number of rotatable bonds is 5. The fourth-order valence-corrected chi connectivity index (χ4v) is 2.01. The van der Waals surface area contributed by atoms with Gasteiger partial charge < -0.3 is 14.7 Å².